The number of furan rings is 1. The van der Waals surface area contributed by atoms with Crippen molar-refractivity contribution in [3.63, 3.8) is 0 Å². The van der Waals surface area contributed by atoms with E-state index in [9.17, 15) is 9.59 Å². The third-order valence-electron chi connectivity index (χ3n) is 3.40. The molecule has 0 radical (unpaired) electrons. The van der Waals surface area contributed by atoms with E-state index in [1.165, 1.54) is 12.1 Å². The van der Waals surface area contributed by atoms with Crippen molar-refractivity contribution in [1.29, 1.82) is 5.26 Å². The van der Waals surface area contributed by atoms with Crippen molar-refractivity contribution in [2.45, 2.75) is 32.2 Å². The van der Waals surface area contributed by atoms with Crippen LogP contribution in [-0.2, 0) is 11.3 Å². The first-order chi connectivity index (χ1) is 9.07. The minimum atomic E-state index is -1.15. The zero-order chi connectivity index (χ0) is 13.9. The van der Waals surface area contributed by atoms with Gasteiger partial charge in [0.05, 0.1) is 12.6 Å². The molecular formula is C13H14N2O4. The van der Waals surface area contributed by atoms with E-state index in [1.54, 1.807) is 0 Å². The minimum Gasteiger partial charge on any atom is -0.475 e. The van der Waals surface area contributed by atoms with Crippen molar-refractivity contribution >= 4 is 11.9 Å². The molecule has 0 atom stereocenters. The Hall–Kier alpha value is -2.29. The molecule has 1 heterocycles. The van der Waals surface area contributed by atoms with Gasteiger partial charge in [0.15, 0.2) is 0 Å². The van der Waals surface area contributed by atoms with E-state index in [0.29, 0.717) is 18.6 Å². The second-order valence-corrected chi connectivity index (χ2v) is 4.65. The van der Waals surface area contributed by atoms with Crippen molar-refractivity contribution in [3.05, 3.63) is 23.7 Å². The van der Waals surface area contributed by atoms with Crippen molar-refractivity contribution in [2.24, 2.45) is 5.41 Å². The number of carboxylic acid groups (broad SMARTS) is 1. The van der Waals surface area contributed by atoms with Crippen LogP contribution in [0.5, 0.6) is 0 Å². The molecule has 1 fully saturated rings. The Kier molecular flexibility index (Phi) is 3.56. The molecule has 0 bridgehead atoms. The number of nitrogens with one attached hydrogen (secondary N) is 1. The predicted octanol–water partition coefficient (Wildman–Crippen LogP) is 1.68. The Morgan fingerprint density at radius 3 is 2.63 bits per heavy atom. The molecular weight excluding hydrogens is 248 g/mol. The van der Waals surface area contributed by atoms with Crippen LogP contribution in [0.2, 0.25) is 0 Å². The van der Waals surface area contributed by atoms with Gasteiger partial charge in [0.25, 0.3) is 0 Å². The predicted molar refractivity (Wildman–Crippen MR) is 64.0 cm³/mol. The molecule has 1 amide bonds. The second-order valence-electron chi connectivity index (χ2n) is 4.65. The maximum Gasteiger partial charge on any atom is 0.371 e. The first-order valence-electron chi connectivity index (χ1n) is 6.09. The van der Waals surface area contributed by atoms with E-state index in [4.69, 9.17) is 14.8 Å². The van der Waals surface area contributed by atoms with E-state index >= 15 is 0 Å². The molecule has 1 aliphatic rings. The maximum absolute atomic E-state index is 12.0. The molecule has 19 heavy (non-hydrogen) atoms. The average Bonchev–Trinajstić information content (AvgIpc) is 3.05. The summed E-state index contributed by atoms with van der Waals surface area (Å²) in [5, 5.41) is 20.5. The van der Waals surface area contributed by atoms with Crippen LogP contribution < -0.4 is 5.32 Å². The summed E-state index contributed by atoms with van der Waals surface area (Å²) in [4.78, 5) is 22.7. The number of hydrogen-bond acceptors (Lipinski definition) is 4. The molecule has 0 saturated heterocycles. The average molecular weight is 262 g/mol. The highest BCUT2D eigenvalue weighted by Gasteiger charge is 2.41. The zero-order valence-corrected chi connectivity index (χ0v) is 10.3. The number of rotatable bonds is 4. The van der Waals surface area contributed by atoms with Crippen LogP contribution in [0.15, 0.2) is 16.5 Å². The fourth-order valence-corrected chi connectivity index (χ4v) is 2.29. The van der Waals surface area contributed by atoms with Gasteiger partial charge in [0.1, 0.15) is 11.2 Å². The smallest absolute Gasteiger partial charge is 0.371 e. The summed E-state index contributed by atoms with van der Waals surface area (Å²) >= 11 is 0. The molecule has 0 unspecified atom stereocenters. The van der Waals surface area contributed by atoms with E-state index in [-0.39, 0.29) is 18.2 Å². The largest absolute Gasteiger partial charge is 0.475 e. The summed E-state index contributed by atoms with van der Waals surface area (Å²) in [6.45, 7) is 0.0928. The van der Waals surface area contributed by atoms with Crippen molar-refractivity contribution in [2.75, 3.05) is 0 Å². The molecule has 2 N–H and O–H groups in total. The SMILES string of the molecule is N#CC1(C(=O)NCc2ccc(C(=O)O)o2)CCCC1. The Morgan fingerprint density at radius 1 is 1.42 bits per heavy atom. The fraction of sp³-hybridized carbons (Fsp3) is 0.462. The van der Waals surface area contributed by atoms with Crippen molar-refractivity contribution < 1.29 is 19.1 Å². The number of hydrogen-bond donors (Lipinski definition) is 2. The van der Waals surface area contributed by atoms with Crippen molar-refractivity contribution in [3.8, 4) is 6.07 Å². The van der Waals surface area contributed by atoms with Gasteiger partial charge in [-0.1, -0.05) is 12.8 Å². The molecule has 1 aromatic heterocycles. The monoisotopic (exact) mass is 262 g/mol. The van der Waals surface area contributed by atoms with Crippen LogP contribution in [-0.4, -0.2) is 17.0 Å². The Balaban J connectivity index is 1.96. The third kappa shape index (κ3) is 2.60. The lowest BCUT2D eigenvalue weighted by molar-refractivity contribution is -0.128. The number of amides is 1. The van der Waals surface area contributed by atoms with E-state index < -0.39 is 11.4 Å². The molecule has 1 aliphatic carbocycles. The zero-order valence-electron chi connectivity index (χ0n) is 10.3. The Labute approximate surface area is 110 Å². The van der Waals surface area contributed by atoms with Gasteiger partial charge in [0.2, 0.25) is 11.7 Å². The van der Waals surface area contributed by atoms with Gasteiger partial charge in [-0.25, -0.2) is 4.79 Å². The van der Waals surface area contributed by atoms with Gasteiger partial charge in [0, 0.05) is 0 Å². The van der Waals surface area contributed by atoms with Gasteiger partial charge >= 0.3 is 5.97 Å². The summed E-state index contributed by atoms with van der Waals surface area (Å²) in [6.07, 6.45) is 2.91. The molecule has 1 saturated carbocycles. The van der Waals surface area contributed by atoms with Crippen LogP contribution >= 0.6 is 0 Å². The van der Waals surface area contributed by atoms with Gasteiger partial charge in [-0.2, -0.15) is 5.26 Å². The van der Waals surface area contributed by atoms with Gasteiger partial charge in [-0.15, -0.1) is 0 Å². The molecule has 100 valence electrons. The lowest BCUT2D eigenvalue weighted by Crippen LogP contribution is -2.37. The summed E-state index contributed by atoms with van der Waals surface area (Å²) in [6, 6.07) is 4.93. The number of aromatic carboxylic acids is 1. The maximum atomic E-state index is 12.0. The first kappa shape index (κ1) is 13.1. The van der Waals surface area contributed by atoms with Gasteiger partial charge < -0.3 is 14.8 Å². The molecule has 0 aromatic carbocycles. The lowest BCUT2D eigenvalue weighted by Gasteiger charge is -2.18. The quantitative estimate of drug-likeness (QED) is 0.859. The van der Waals surface area contributed by atoms with E-state index in [0.717, 1.165) is 12.8 Å². The summed E-state index contributed by atoms with van der Waals surface area (Å²) in [7, 11) is 0. The van der Waals surface area contributed by atoms with E-state index in [1.807, 2.05) is 0 Å². The molecule has 6 heteroatoms. The van der Waals surface area contributed by atoms with Gasteiger partial charge in [-0.3, -0.25) is 4.79 Å². The van der Waals surface area contributed by atoms with Crippen LogP contribution in [0, 0.1) is 16.7 Å². The molecule has 0 spiro atoms. The van der Waals surface area contributed by atoms with Gasteiger partial charge in [-0.05, 0) is 25.0 Å². The number of carboxylic acids is 1. The van der Waals surface area contributed by atoms with Crippen LogP contribution in [0.25, 0.3) is 0 Å². The topological polar surface area (TPSA) is 103 Å². The number of nitrogens with zero attached hydrogens (tertiary/aromatic N) is 1. The van der Waals surface area contributed by atoms with Crippen LogP contribution in [0.3, 0.4) is 0 Å². The fourth-order valence-electron chi connectivity index (χ4n) is 2.29. The molecule has 1 aromatic rings. The first-order valence-corrected chi connectivity index (χ1v) is 6.09. The summed E-state index contributed by atoms with van der Waals surface area (Å²) in [5.74, 6) is -1.26. The summed E-state index contributed by atoms with van der Waals surface area (Å²) in [5.41, 5.74) is -0.928. The molecule has 2 rings (SSSR count). The number of carbonyl (C=O) groups is 2. The molecule has 6 nitrogen and oxygen atoms in total. The third-order valence-corrected chi connectivity index (χ3v) is 3.40. The van der Waals surface area contributed by atoms with Crippen LogP contribution in [0.1, 0.15) is 42.0 Å². The highest BCUT2D eigenvalue weighted by atomic mass is 16.4. The standard InChI is InChI=1S/C13H14N2O4/c14-8-13(5-1-2-6-13)12(18)15-7-9-3-4-10(19-9)11(16)17/h3-4H,1-2,5-7H2,(H,15,18)(H,16,17). The van der Waals surface area contributed by atoms with Crippen molar-refractivity contribution in [1.82, 2.24) is 5.32 Å². The molecule has 0 aliphatic heterocycles. The van der Waals surface area contributed by atoms with E-state index in [2.05, 4.69) is 11.4 Å². The lowest BCUT2D eigenvalue weighted by atomic mass is 9.87. The number of carbonyl (C=O) groups excluding carboxylic acids is 1. The number of nitriles is 1. The minimum absolute atomic E-state index is 0.0928. The summed E-state index contributed by atoms with van der Waals surface area (Å²) < 4.78 is 5.03. The second kappa shape index (κ2) is 5.14. The Morgan fingerprint density at radius 2 is 2.11 bits per heavy atom. The highest BCUT2D eigenvalue weighted by molar-refractivity contribution is 5.86. The highest BCUT2D eigenvalue weighted by Crippen LogP contribution is 2.37. The normalized spacial score (nSPS) is 16.8. The van der Waals surface area contributed by atoms with Crippen LogP contribution in [0.4, 0.5) is 0 Å². The Bertz CT molecular complexity index is 535.